The average Bonchev–Trinajstić information content (AvgIpc) is 1.41. The Balaban J connectivity index is -0.0000000400. The summed E-state index contributed by atoms with van der Waals surface area (Å²) in [5.74, 6) is 0. The van der Waals surface area contributed by atoms with Gasteiger partial charge in [0.2, 0.25) is 0 Å². The van der Waals surface area contributed by atoms with Crippen molar-refractivity contribution in [2.24, 2.45) is 0 Å². The Morgan fingerprint density at radius 3 is 0.412 bits per heavy atom. The van der Waals surface area contributed by atoms with Gasteiger partial charge in [0.15, 0.2) is 0 Å². The molecule has 0 aliphatic rings. The summed E-state index contributed by atoms with van der Waals surface area (Å²) >= 11 is 0. The van der Waals surface area contributed by atoms with E-state index in [4.69, 9.17) is 52.6 Å². The van der Waals surface area contributed by atoms with Gasteiger partial charge in [0.25, 0.3) is 0 Å². The van der Waals surface area contributed by atoms with Gasteiger partial charge < -0.3 is 0 Å². The zero-order valence-electron chi connectivity index (χ0n) is 7.51. The first-order valence-electron chi connectivity index (χ1n) is 2.10. The van der Waals surface area contributed by atoms with E-state index in [0.29, 0.717) is 0 Å². The van der Waals surface area contributed by atoms with Gasteiger partial charge >= 0.3 is 31.2 Å². The van der Waals surface area contributed by atoms with Crippen LogP contribution in [0.5, 0.6) is 0 Å². The molecule has 102 valence electrons. The van der Waals surface area contributed by atoms with Crippen LogP contribution in [-0.2, 0) is 31.2 Å². The Labute approximate surface area is 152 Å². The Kier molecular flexibility index (Phi) is 24.0. The normalized spacial score (nSPS) is 10.2. The van der Waals surface area contributed by atoms with Crippen molar-refractivity contribution in [1.29, 1.82) is 0 Å². The Bertz CT molecular complexity index is 341. The standard InChI is InChI=1S/2La.3H2O4S/c;;3*1-5(2,3)4/h;;3*(H2,1,2,3,4). The fourth-order valence-electron chi connectivity index (χ4n) is 0. The summed E-state index contributed by atoms with van der Waals surface area (Å²) in [6.45, 7) is 0. The molecule has 6 N–H and O–H groups in total. The van der Waals surface area contributed by atoms with Crippen molar-refractivity contribution in [1.82, 2.24) is 0 Å². The molecule has 0 aromatic rings. The van der Waals surface area contributed by atoms with E-state index in [0.717, 1.165) is 0 Å². The molecular formula is H6La2O12S3. The van der Waals surface area contributed by atoms with Gasteiger partial charge in [0.1, 0.15) is 0 Å². The van der Waals surface area contributed by atoms with Gasteiger partial charge in [0, 0.05) is 71.2 Å². The molecular weight excluding hydrogens is 566 g/mol. The molecule has 0 atom stereocenters. The van der Waals surface area contributed by atoms with Crippen LogP contribution in [0.25, 0.3) is 0 Å². The molecule has 0 aromatic carbocycles. The summed E-state index contributed by atoms with van der Waals surface area (Å²) in [5.41, 5.74) is 0. The van der Waals surface area contributed by atoms with Crippen LogP contribution in [0.4, 0.5) is 0 Å². The maximum absolute atomic E-state index is 8.74. The summed E-state index contributed by atoms with van der Waals surface area (Å²) in [6, 6.07) is 0. The van der Waals surface area contributed by atoms with Crippen LogP contribution in [0.15, 0.2) is 0 Å². The fourth-order valence-corrected chi connectivity index (χ4v) is 0. The first-order chi connectivity index (χ1) is 6.00. The third-order valence-corrected chi connectivity index (χ3v) is 0. The summed E-state index contributed by atoms with van der Waals surface area (Å²) in [6.07, 6.45) is 0. The molecule has 0 aromatic heterocycles. The molecule has 0 heterocycles. The summed E-state index contributed by atoms with van der Waals surface area (Å²) < 4.78 is 94.8. The SMILES string of the molecule is O=S(=O)(O)O.O=S(=O)(O)O.O=S(=O)(O)O.[La].[La]. The topological polar surface area (TPSA) is 224 Å². The van der Waals surface area contributed by atoms with Crippen molar-refractivity contribution in [3.05, 3.63) is 0 Å². The van der Waals surface area contributed by atoms with Crippen molar-refractivity contribution in [2.45, 2.75) is 0 Å². The molecule has 0 bridgehead atoms. The van der Waals surface area contributed by atoms with Crippen LogP contribution < -0.4 is 0 Å². The van der Waals surface area contributed by atoms with Crippen molar-refractivity contribution in [3.8, 4) is 0 Å². The van der Waals surface area contributed by atoms with Crippen LogP contribution >= 0.6 is 0 Å². The molecule has 0 saturated carbocycles. The fraction of sp³-hybridized carbons (Fsp3) is 0. The van der Waals surface area contributed by atoms with E-state index in [1.807, 2.05) is 0 Å². The summed E-state index contributed by atoms with van der Waals surface area (Å²) in [5, 5.41) is 0. The minimum Gasteiger partial charge on any atom is -0.264 e. The van der Waals surface area contributed by atoms with Gasteiger partial charge in [0.05, 0.1) is 0 Å². The second-order valence-corrected chi connectivity index (χ2v) is 4.03. The predicted octanol–water partition coefficient (Wildman–Crippen LogP) is -1.96. The molecule has 0 spiro atoms. The molecule has 0 fully saturated rings. The number of hydrogen-bond donors (Lipinski definition) is 6. The largest absolute Gasteiger partial charge is 0.394 e. The molecule has 0 rings (SSSR count). The summed E-state index contributed by atoms with van der Waals surface area (Å²) in [7, 11) is -14.0. The van der Waals surface area contributed by atoms with Crippen molar-refractivity contribution < 1.29 is 124 Å². The Hall–Kier alpha value is 2.00. The van der Waals surface area contributed by atoms with Gasteiger partial charge in [-0.05, 0) is 0 Å². The van der Waals surface area contributed by atoms with Gasteiger partial charge in [-0.15, -0.1) is 0 Å². The molecule has 2 radical (unpaired) electrons. The first kappa shape index (κ1) is 31.4. The van der Waals surface area contributed by atoms with Gasteiger partial charge in [-0.3, -0.25) is 27.3 Å². The second kappa shape index (κ2) is 13.0. The van der Waals surface area contributed by atoms with Crippen LogP contribution in [0.2, 0.25) is 0 Å². The predicted molar refractivity (Wildman–Crippen MR) is 42.5 cm³/mol. The maximum atomic E-state index is 8.74. The maximum Gasteiger partial charge on any atom is 0.394 e. The minimum atomic E-state index is -4.67. The zero-order chi connectivity index (χ0) is 13.5. The minimum absolute atomic E-state index is 0. The monoisotopic (exact) mass is 572 g/mol. The molecule has 0 saturated heterocycles. The van der Waals surface area contributed by atoms with Crippen molar-refractivity contribution >= 4 is 31.2 Å². The van der Waals surface area contributed by atoms with E-state index >= 15 is 0 Å². The molecule has 0 aliphatic carbocycles. The van der Waals surface area contributed by atoms with Gasteiger partial charge in [-0.2, -0.15) is 25.3 Å². The number of rotatable bonds is 0. The Morgan fingerprint density at radius 1 is 0.412 bits per heavy atom. The number of hydrogen-bond acceptors (Lipinski definition) is 6. The van der Waals surface area contributed by atoms with E-state index in [2.05, 4.69) is 0 Å². The van der Waals surface area contributed by atoms with Gasteiger partial charge in [-0.1, -0.05) is 0 Å². The molecule has 0 unspecified atom stereocenters. The van der Waals surface area contributed by atoms with Crippen LogP contribution in [0.1, 0.15) is 0 Å². The quantitative estimate of drug-likeness (QED) is 0.174. The summed E-state index contributed by atoms with van der Waals surface area (Å²) in [4.78, 5) is 0. The van der Waals surface area contributed by atoms with E-state index < -0.39 is 31.2 Å². The van der Waals surface area contributed by atoms with E-state index in [9.17, 15) is 0 Å². The van der Waals surface area contributed by atoms with Gasteiger partial charge in [-0.25, -0.2) is 0 Å². The van der Waals surface area contributed by atoms with E-state index in [1.165, 1.54) is 0 Å². The van der Waals surface area contributed by atoms with Crippen LogP contribution in [-0.4, -0.2) is 52.6 Å². The van der Waals surface area contributed by atoms with E-state index in [1.54, 1.807) is 0 Å². The third-order valence-electron chi connectivity index (χ3n) is 0. The average molecular weight is 572 g/mol. The first-order valence-corrected chi connectivity index (χ1v) is 6.29. The molecule has 17 heteroatoms. The van der Waals surface area contributed by atoms with Crippen LogP contribution in [0, 0.1) is 71.2 Å². The molecule has 12 nitrogen and oxygen atoms in total. The van der Waals surface area contributed by atoms with Crippen molar-refractivity contribution in [2.75, 3.05) is 0 Å². The smallest absolute Gasteiger partial charge is 0.264 e. The second-order valence-electron chi connectivity index (χ2n) is 1.34. The zero-order valence-corrected chi connectivity index (χ0v) is 17.2. The molecule has 17 heavy (non-hydrogen) atoms. The molecule has 0 amide bonds. The molecule has 0 aliphatic heterocycles. The van der Waals surface area contributed by atoms with Crippen LogP contribution in [0.3, 0.4) is 0 Å². The Morgan fingerprint density at radius 2 is 0.412 bits per heavy atom. The van der Waals surface area contributed by atoms with E-state index in [-0.39, 0.29) is 71.2 Å². The van der Waals surface area contributed by atoms with Crippen molar-refractivity contribution in [3.63, 3.8) is 0 Å². The third kappa shape index (κ3) is 1150.